The Morgan fingerprint density at radius 2 is 1.33 bits per heavy atom. The number of carbonyl (C=O) groups excluding carboxylic acids is 2. The van der Waals surface area contributed by atoms with Crippen LogP contribution in [0.25, 0.3) is 0 Å². The molecule has 0 bridgehead atoms. The van der Waals surface area contributed by atoms with Gasteiger partial charge < -0.3 is 10.1 Å². The highest BCUT2D eigenvalue weighted by Crippen LogP contribution is 2.21. The average Bonchev–Trinajstić information content (AvgIpc) is 2.89. The zero-order valence-corrected chi connectivity index (χ0v) is 25.0. The number of unbranched alkanes of at least 4 members (excludes halogenated alkanes) is 9. The van der Waals surface area contributed by atoms with Crippen LogP contribution >= 0.6 is 23.2 Å². The van der Waals surface area contributed by atoms with Crippen LogP contribution in [0.3, 0.4) is 0 Å². The molecule has 1 N–H and O–H groups in total. The molecular formula is C31H44Cl2N2O4. The van der Waals surface area contributed by atoms with Crippen LogP contribution in [0.1, 0.15) is 95.6 Å². The van der Waals surface area contributed by atoms with E-state index in [1.807, 2.05) is 24.3 Å². The number of nitrogens with zero attached hydrogens (tertiary/aromatic N) is 1. The predicted molar refractivity (Wildman–Crippen MR) is 160 cm³/mol. The van der Waals surface area contributed by atoms with E-state index in [1.165, 1.54) is 51.4 Å². The highest BCUT2D eigenvalue weighted by atomic mass is 35.5. The normalized spacial score (nSPS) is 11.1. The van der Waals surface area contributed by atoms with Gasteiger partial charge in [-0.15, -0.1) is 0 Å². The molecule has 39 heavy (non-hydrogen) atoms. The number of hydrogen-bond acceptors (Lipinski definition) is 5. The number of esters is 1. The van der Waals surface area contributed by atoms with Crippen molar-refractivity contribution in [1.82, 2.24) is 5.06 Å². The van der Waals surface area contributed by atoms with Crippen LogP contribution in [0, 0.1) is 0 Å². The highest BCUT2D eigenvalue weighted by Gasteiger charge is 2.13. The molecule has 8 heteroatoms. The van der Waals surface area contributed by atoms with Crippen LogP contribution in [-0.4, -0.2) is 30.2 Å². The minimum Gasteiger partial charge on any atom is -0.464 e. The zero-order valence-electron chi connectivity index (χ0n) is 23.5. The van der Waals surface area contributed by atoms with E-state index in [4.69, 9.17) is 32.8 Å². The van der Waals surface area contributed by atoms with E-state index in [-0.39, 0.29) is 12.5 Å². The molecule has 0 radical (unpaired) electrons. The Balaban J connectivity index is 1.78. The Bertz CT molecular complexity index is 965. The number of hydroxylamine groups is 2. The number of amides is 1. The first-order chi connectivity index (χ1) is 18.9. The maximum Gasteiger partial charge on any atom is 0.334 e. The van der Waals surface area contributed by atoms with Gasteiger partial charge in [-0.25, -0.2) is 4.79 Å². The van der Waals surface area contributed by atoms with Gasteiger partial charge in [-0.05, 0) is 54.8 Å². The van der Waals surface area contributed by atoms with Crippen molar-refractivity contribution in [2.45, 2.75) is 97.6 Å². The highest BCUT2D eigenvalue weighted by molar-refractivity contribution is 6.34. The summed E-state index contributed by atoms with van der Waals surface area (Å²) in [6.07, 6.45) is 13.0. The lowest BCUT2D eigenvalue weighted by Crippen LogP contribution is -2.27. The third kappa shape index (κ3) is 15.3. The molecule has 1 amide bonds. The second-order valence-electron chi connectivity index (χ2n) is 9.83. The molecule has 0 fully saturated rings. The lowest BCUT2D eigenvalue weighted by Gasteiger charge is -2.22. The Morgan fingerprint density at radius 1 is 0.769 bits per heavy atom. The smallest absolute Gasteiger partial charge is 0.334 e. The van der Waals surface area contributed by atoms with Crippen molar-refractivity contribution in [2.24, 2.45) is 0 Å². The second kappa shape index (κ2) is 19.9. The van der Waals surface area contributed by atoms with Crippen molar-refractivity contribution in [3.05, 3.63) is 63.6 Å². The van der Waals surface area contributed by atoms with Gasteiger partial charge in [0.2, 0.25) is 5.91 Å². The van der Waals surface area contributed by atoms with Crippen LogP contribution in [-0.2, 0) is 32.3 Å². The summed E-state index contributed by atoms with van der Waals surface area (Å²) in [6, 6.07) is 12.9. The van der Waals surface area contributed by atoms with Gasteiger partial charge >= 0.3 is 5.97 Å². The van der Waals surface area contributed by atoms with E-state index in [1.54, 1.807) is 30.2 Å². The number of nitrogens with one attached hydrogen (secondary N) is 1. The number of ether oxygens (including phenoxy) is 1. The van der Waals surface area contributed by atoms with E-state index in [2.05, 4.69) is 12.2 Å². The molecule has 216 valence electrons. The molecule has 0 spiro atoms. The number of hydrogen-bond donors (Lipinski definition) is 1. The Hall–Kier alpha value is -2.12. The molecule has 0 heterocycles. The molecule has 0 unspecified atom stereocenters. The third-order valence-electron chi connectivity index (χ3n) is 6.31. The summed E-state index contributed by atoms with van der Waals surface area (Å²) in [4.78, 5) is 29.9. The van der Waals surface area contributed by atoms with E-state index in [0.29, 0.717) is 36.2 Å². The second-order valence-corrected chi connectivity index (χ2v) is 10.7. The van der Waals surface area contributed by atoms with Crippen molar-refractivity contribution in [2.75, 3.05) is 18.5 Å². The molecule has 0 aliphatic heterocycles. The molecule has 0 aliphatic carbocycles. The molecule has 0 aliphatic rings. The molecule has 2 aromatic rings. The van der Waals surface area contributed by atoms with Crippen LogP contribution in [0.15, 0.2) is 42.5 Å². The monoisotopic (exact) mass is 578 g/mol. The number of anilines is 1. The van der Waals surface area contributed by atoms with Crippen LogP contribution in [0.2, 0.25) is 10.0 Å². The molecule has 0 saturated heterocycles. The van der Waals surface area contributed by atoms with Gasteiger partial charge in [0.25, 0.3) is 0 Å². The summed E-state index contributed by atoms with van der Waals surface area (Å²) in [5, 5.41) is 5.71. The first-order valence-electron chi connectivity index (χ1n) is 14.3. The van der Waals surface area contributed by atoms with Crippen LogP contribution in [0.5, 0.6) is 0 Å². The molecule has 2 rings (SSSR count). The molecule has 0 aromatic heterocycles. The van der Waals surface area contributed by atoms with Gasteiger partial charge in [-0.3, -0.25) is 9.63 Å². The van der Waals surface area contributed by atoms with Crippen LogP contribution < -0.4 is 5.32 Å². The number of halogens is 2. The number of carbonyl (C=O) groups is 2. The van der Waals surface area contributed by atoms with Gasteiger partial charge in [0.1, 0.15) is 0 Å². The molecule has 0 atom stereocenters. The van der Waals surface area contributed by atoms with E-state index in [9.17, 15) is 9.59 Å². The summed E-state index contributed by atoms with van der Waals surface area (Å²) in [6.45, 7) is 4.87. The average molecular weight is 580 g/mol. The van der Waals surface area contributed by atoms with Gasteiger partial charge in [0.05, 0.1) is 6.61 Å². The van der Waals surface area contributed by atoms with E-state index in [0.717, 1.165) is 29.7 Å². The summed E-state index contributed by atoms with van der Waals surface area (Å²) in [5.41, 5.74) is 2.57. The van der Waals surface area contributed by atoms with Crippen molar-refractivity contribution in [3.8, 4) is 0 Å². The zero-order chi connectivity index (χ0) is 28.3. The molecule has 2 aromatic carbocycles. The van der Waals surface area contributed by atoms with E-state index >= 15 is 0 Å². The third-order valence-corrected chi connectivity index (χ3v) is 6.74. The fourth-order valence-corrected chi connectivity index (χ4v) is 4.86. The van der Waals surface area contributed by atoms with Crippen molar-refractivity contribution in [1.29, 1.82) is 0 Å². The molecule has 0 saturated carbocycles. The van der Waals surface area contributed by atoms with Crippen molar-refractivity contribution in [3.63, 3.8) is 0 Å². The van der Waals surface area contributed by atoms with Gasteiger partial charge in [-0.2, -0.15) is 5.06 Å². The maximum atomic E-state index is 12.4. The predicted octanol–water partition coefficient (Wildman–Crippen LogP) is 8.74. The van der Waals surface area contributed by atoms with Crippen molar-refractivity contribution < 1.29 is 19.2 Å². The Kier molecular flexibility index (Phi) is 16.9. The fraction of sp³-hybridized carbons (Fsp3) is 0.548. The lowest BCUT2D eigenvalue weighted by molar-refractivity contribution is -0.193. The standard InChI is InChI=1S/C31H44Cl2N2O4/c1-3-5-6-7-8-9-10-11-12-13-14-30(36)34-29-17-15-25(16-18-29)22-35(39-24-31(37)38-4-2)23-26-19-27(32)21-28(33)20-26/h15-21H,3-14,22-24H2,1-2H3,(H,34,36). The number of benzene rings is 2. The summed E-state index contributed by atoms with van der Waals surface area (Å²) < 4.78 is 4.98. The van der Waals surface area contributed by atoms with E-state index < -0.39 is 5.97 Å². The van der Waals surface area contributed by atoms with Gasteiger partial charge in [-0.1, -0.05) is 100 Å². The Labute approximate surface area is 244 Å². The minimum absolute atomic E-state index is 0.0412. The minimum atomic E-state index is -0.438. The number of rotatable bonds is 20. The molecular weight excluding hydrogens is 535 g/mol. The van der Waals surface area contributed by atoms with Crippen molar-refractivity contribution >= 4 is 40.8 Å². The maximum absolute atomic E-state index is 12.4. The first kappa shape index (κ1) is 33.1. The topological polar surface area (TPSA) is 67.9 Å². The summed E-state index contributed by atoms with van der Waals surface area (Å²) >= 11 is 12.3. The first-order valence-corrected chi connectivity index (χ1v) is 15.0. The largest absolute Gasteiger partial charge is 0.464 e. The lowest BCUT2D eigenvalue weighted by atomic mass is 10.1. The Morgan fingerprint density at radius 3 is 1.92 bits per heavy atom. The summed E-state index contributed by atoms with van der Waals surface area (Å²) in [5.74, 6) is -0.397. The van der Waals surface area contributed by atoms with Gasteiger partial charge in [0, 0.05) is 35.2 Å². The summed E-state index contributed by atoms with van der Waals surface area (Å²) in [7, 11) is 0. The van der Waals surface area contributed by atoms with Crippen LogP contribution in [0.4, 0.5) is 5.69 Å². The molecule has 6 nitrogen and oxygen atoms in total. The van der Waals surface area contributed by atoms with Gasteiger partial charge in [0.15, 0.2) is 6.61 Å². The fourth-order valence-electron chi connectivity index (χ4n) is 4.29. The SMILES string of the molecule is CCCCCCCCCCCCC(=O)Nc1ccc(CN(Cc2cc(Cl)cc(Cl)c2)OCC(=O)OCC)cc1. The quantitative estimate of drug-likeness (QED) is 0.0965.